The predicted octanol–water partition coefficient (Wildman–Crippen LogP) is 4.04. The third-order valence-corrected chi connectivity index (χ3v) is 5.30. The zero-order valence-corrected chi connectivity index (χ0v) is 16.8. The molecule has 4 rings (SSSR count). The fourth-order valence-corrected chi connectivity index (χ4v) is 3.79. The number of aromatic nitrogens is 4. The highest BCUT2D eigenvalue weighted by molar-refractivity contribution is 7.12. The summed E-state index contributed by atoms with van der Waals surface area (Å²) < 4.78 is 3.29. The molecule has 1 amide bonds. The molecule has 2 aromatic heterocycles. The van der Waals surface area contributed by atoms with Gasteiger partial charge in [0, 0.05) is 23.8 Å². The van der Waals surface area contributed by atoms with Crippen molar-refractivity contribution in [2.45, 2.75) is 6.92 Å². The van der Waals surface area contributed by atoms with Crippen molar-refractivity contribution < 1.29 is 4.79 Å². The van der Waals surface area contributed by atoms with Gasteiger partial charge in [-0.25, -0.2) is 4.68 Å². The Morgan fingerprint density at radius 3 is 2.43 bits per heavy atom. The van der Waals surface area contributed by atoms with Gasteiger partial charge in [0.25, 0.3) is 5.91 Å². The first-order valence-corrected chi connectivity index (χ1v) is 9.71. The highest BCUT2D eigenvalue weighted by atomic mass is 35.5. The Bertz CT molecular complexity index is 1210. The van der Waals surface area contributed by atoms with Crippen molar-refractivity contribution in [3.05, 3.63) is 81.9 Å². The molecule has 0 fully saturated rings. The molecule has 0 atom stereocenters. The molecule has 6 nitrogen and oxygen atoms in total. The first-order valence-electron chi connectivity index (χ1n) is 8.52. The highest BCUT2D eigenvalue weighted by Gasteiger charge is 2.14. The lowest BCUT2D eigenvalue weighted by Gasteiger charge is -2.00. The average molecular weight is 410 g/mol. The summed E-state index contributed by atoms with van der Waals surface area (Å²) in [6.45, 7) is 1.79. The number of benzene rings is 2. The van der Waals surface area contributed by atoms with Gasteiger partial charge in [-0.15, -0.1) is 0 Å². The van der Waals surface area contributed by atoms with Gasteiger partial charge >= 0.3 is 0 Å². The second-order valence-electron chi connectivity index (χ2n) is 6.16. The van der Waals surface area contributed by atoms with Crippen molar-refractivity contribution in [2.75, 3.05) is 0 Å². The summed E-state index contributed by atoms with van der Waals surface area (Å²) in [6, 6.07) is 17.0. The minimum absolute atomic E-state index is 0.346. The lowest BCUT2D eigenvalue weighted by molar-refractivity contribution is 0.0997. The number of para-hydroxylation sites is 1. The lowest BCUT2D eigenvalue weighted by atomic mass is 10.2. The Hall–Kier alpha value is -3.03. The lowest BCUT2D eigenvalue weighted by Crippen LogP contribution is -2.16. The van der Waals surface area contributed by atoms with Crippen molar-refractivity contribution in [1.29, 1.82) is 0 Å². The van der Waals surface area contributed by atoms with Gasteiger partial charge in [0.15, 0.2) is 0 Å². The Labute approximate surface area is 170 Å². The summed E-state index contributed by atoms with van der Waals surface area (Å²) in [5, 5.41) is 10.3. The maximum Gasteiger partial charge on any atom is 0.283 e. The third kappa shape index (κ3) is 3.67. The standard InChI is InChI=1S/C20H16ClN5OS/c1-13-17(12-25(2)23-13)18(27)22-20-26(16-6-4-3-5-7-16)24-19(28-20)14-8-10-15(21)11-9-14/h3-12H,1-2H3. The van der Waals surface area contributed by atoms with Gasteiger partial charge in [-0.2, -0.15) is 15.2 Å². The largest absolute Gasteiger partial charge is 0.283 e. The van der Waals surface area contributed by atoms with Gasteiger partial charge in [-0.1, -0.05) is 53.3 Å². The van der Waals surface area contributed by atoms with E-state index in [0.717, 1.165) is 16.3 Å². The first-order chi connectivity index (χ1) is 13.5. The normalized spacial score (nSPS) is 11.8. The van der Waals surface area contributed by atoms with E-state index in [-0.39, 0.29) is 5.91 Å². The van der Waals surface area contributed by atoms with Crippen LogP contribution in [0.25, 0.3) is 16.3 Å². The van der Waals surface area contributed by atoms with Crippen LogP contribution in [-0.2, 0) is 7.05 Å². The maximum absolute atomic E-state index is 12.8. The van der Waals surface area contributed by atoms with Crippen LogP contribution in [0.3, 0.4) is 0 Å². The highest BCUT2D eigenvalue weighted by Crippen LogP contribution is 2.22. The van der Waals surface area contributed by atoms with Crippen LogP contribution in [0, 0.1) is 6.92 Å². The molecule has 0 aliphatic heterocycles. The smallest absolute Gasteiger partial charge is 0.275 e. The Morgan fingerprint density at radius 2 is 1.79 bits per heavy atom. The number of aryl methyl sites for hydroxylation is 2. The maximum atomic E-state index is 12.8. The van der Waals surface area contributed by atoms with Gasteiger partial charge in [-0.05, 0) is 31.2 Å². The number of hydrogen-bond donors (Lipinski definition) is 0. The summed E-state index contributed by atoms with van der Waals surface area (Å²) in [5.74, 6) is -0.346. The van der Waals surface area contributed by atoms with Crippen molar-refractivity contribution >= 4 is 28.8 Å². The van der Waals surface area contributed by atoms with E-state index >= 15 is 0 Å². The second kappa shape index (κ2) is 7.53. The molecule has 0 saturated carbocycles. The molecule has 140 valence electrons. The molecule has 28 heavy (non-hydrogen) atoms. The molecular weight excluding hydrogens is 394 g/mol. The summed E-state index contributed by atoms with van der Waals surface area (Å²) in [7, 11) is 1.78. The van der Waals surface area contributed by atoms with Crippen LogP contribution in [0.4, 0.5) is 0 Å². The van der Waals surface area contributed by atoms with Crippen molar-refractivity contribution in [1.82, 2.24) is 19.6 Å². The monoisotopic (exact) mass is 409 g/mol. The van der Waals surface area contributed by atoms with Gasteiger partial charge < -0.3 is 0 Å². The summed E-state index contributed by atoms with van der Waals surface area (Å²) >= 11 is 7.33. The molecule has 0 unspecified atom stereocenters. The van der Waals surface area contributed by atoms with E-state index in [1.54, 1.807) is 29.5 Å². The average Bonchev–Trinajstić information content (AvgIpc) is 3.26. The van der Waals surface area contributed by atoms with Crippen LogP contribution >= 0.6 is 22.9 Å². The van der Waals surface area contributed by atoms with E-state index in [0.29, 0.717) is 21.1 Å². The molecule has 0 saturated heterocycles. The van der Waals surface area contributed by atoms with Crippen molar-refractivity contribution in [3.8, 4) is 16.3 Å². The molecule has 0 spiro atoms. The molecule has 0 aliphatic rings. The fourth-order valence-electron chi connectivity index (χ4n) is 2.76. The Kier molecular flexibility index (Phi) is 4.93. The molecule has 0 radical (unpaired) electrons. The summed E-state index contributed by atoms with van der Waals surface area (Å²) in [4.78, 5) is 17.6. The van der Waals surface area contributed by atoms with E-state index in [4.69, 9.17) is 11.6 Å². The van der Waals surface area contributed by atoms with Gasteiger partial charge in [-0.3, -0.25) is 9.48 Å². The molecule has 2 aromatic carbocycles. The quantitative estimate of drug-likeness (QED) is 0.513. The number of rotatable bonds is 3. The van der Waals surface area contributed by atoms with E-state index in [1.807, 2.05) is 54.6 Å². The zero-order chi connectivity index (χ0) is 19.7. The number of hydrogen-bond acceptors (Lipinski definition) is 4. The van der Waals surface area contributed by atoms with Crippen molar-refractivity contribution in [2.24, 2.45) is 12.0 Å². The molecular formula is C20H16ClN5OS. The molecule has 0 bridgehead atoms. The number of carbonyl (C=O) groups excluding carboxylic acids is 1. The van der Waals surface area contributed by atoms with Crippen LogP contribution < -0.4 is 4.80 Å². The summed E-state index contributed by atoms with van der Waals surface area (Å²) in [6.07, 6.45) is 1.68. The van der Waals surface area contributed by atoms with Crippen LogP contribution in [0.15, 0.2) is 65.8 Å². The Balaban J connectivity index is 1.86. The number of nitrogens with zero attached hydrogens (tertiary/aromatic N) is 5. The molecule has 2 heterocycles. The Morgan fingerprint density at radius 1 is 1.07 bits per heavy atom. The molecule has 4 aromatic rings. The van der Waals surface area contributed by atoms with Crippen LogP contribution in [0.1, 0.15) is 16.1 Å². The molecule has 0 aliphatic carbocycles. The van der Waals surface area contributed by atoms with E-state index in [2.05, 4.69) is 15.2 Å². The SMILES string of the molecule is Cc1nn(C)cc1C(=O)N=c1sc(-c2ccc(Cl)cc2)nn1-c1ccccc1. The number of halogens is 1. The van der Waals surface area contributed by atoms with E-state index in [9.17, 15) is 4.79 Å². The summed E-state index contributed by atoms with van der Waals surface area (Å²) in [5.41, 5.74) is 2.85. The van der Waals surface area contributed by atoms with Crippen LogP contribution in [0.5, 0.6) is 0 Å². The molecule has 8 heteroatoms. The number of carbonyl (C=O) groups is 1. The van der Waals surface area contributed by atoms with E-state index in [1.165, 1.54) is 11.3 Å². The van der Waals surface area contributed by atoms with Gasteiger partial charge in [0.1, 0.15) is 5.01 Å². The molecule has 0 N–H and O–H groups in total. The van der Waals surface area contributed by atoms with Crippen molar-refractivity contribution in [3.63, 3.8) is 0 Å². The van der Waals surface area contributed by atoms with Crippen LogP contribution in [-0.4, -0.2) is 25.5 Å². The third-order valence-electron chi connectivity index (χ3n) is 4.09. The van der Waals surface area contributed by atoms with Crippen LogP contribution in [0.2, 0.25) is 5.02 Å². The minimum Gasteiger partial charge on any atom is -0.275 e. The zero-order valence-electron chi connectivity index (χ0n) is 15.2. The van der Waals surface area contributed by atoms with Gasteiger partial charge in [0.05, 0.1) is 16.9 Å². The topological polar surface area (TPSA) is 65.1 Å². The minimum atomic E-state index is -0.346. The van der Waals surface area contributed by atoms with Gasteiger partial charge in [0.2, 0.25) is 4.80 Å². The van der Waals surface area contributed by atoms with E-state index < -0.39 is 0 Å². The predicted molar refractivity (Wildman–Crippen MR) is 110 cm³/mol. The first kappa shape index (κ1) is 18.3. The fraction of sp³-hybridized carbons (Fsp3) is 0.100. The number of amides is 1. The second-order valence-corrected chi connectivity index (χ2v) is 7.56.